The van der Waals surface area contributed by atoms with Crippen LogP contribution in [0, 0.1) is 6.92 Å². The molecular formula is C16H17N5. The van der Waals surface area contributed by atoms with Crippen LogP contribution in [0.5, 0.6) is 0 Å². The van der Waals surface area contributed by atoms with Crippen LogP contribution in [-0.2, 0) is 6.54 Å². The lowest BCUT2D eigenvalue weighted by Gasteiger charge is -2.11. The molecule has 5 nitrogen and oxygen atoms in total. The second kappa shape index (κ2) is 5.36. The molecule has 2 N–H and O–H groups in total. The maximum absolute atomic E-state index is 6.08. The number of rotatable bonds is 3. The number of nitrogens with two attached hydrogens (primary N) is 1. The van der Waals surface area contributed by atoms with Gasteiger partial charge < -0.3 is 10.3 Å². The summed E-state index contributed by atoms with van der Waals surface area (Å²) in [6.45, 7) is 4.81. The summed E-state index contributed by atoms with van der Waals surface area (Å²) < 4.78 is 2.00. The zero-order valence-electron chi connectivity index (χ0n) is 12.1. The second-order valence-electron chi connectivity index (χ2n) is 4.84. The molecule has 3 aromatic rings. The van der Waals surface area contributed by atoms with Crippen LogP contribution in [0.15, 0.2) is 42.9 Å². The normalized spacial score (nSPS) is 10.8. The van der Waals surface area contributed by atoms with Crippen molar-refractivity contribution in [2.75, 3.05) is 5.73 Å². The number of anilines is 1. The molecular weight excluding hydrogens is 262 g/mol. The molecule has 106 valence electrons. The van der Waals surface area contributed by atoms with Gasteiger partial charge in [0, 0.05) is 17.7 Å². The maximum Gasteiger partial charge on any atom is 0.180 e. The highest BCUT2D eigenvalue weighted by Crippen LogP contribution is 2.27. The van der Waals surface area contributed by atoms with Crippen molar-refractivity contribution in [1.82, 2.24) is 19.5 Å². The largest absolute Gasteiger partial charge is 0.383 e. The molecule has 0 aliphatic heterocycles. The summed E-state index contributed by atoms with van der Waals surface area (Å²) in [5.41, 5.74) is 9.75. The lowest BCUT2D eigenvalue weighted by atomic mass is 10.1. The lowest BCUT2D eigenvalue weighted by molar-refractivity contribution is 0.764. The summed E-state index contributed by atoms with van der Waals surface area (Å²) >= 11 is 0. The van der Waals surface area contributed by atoms with E-state index in [2.05, 4.69) is 16.9 Å². The molecule has 0 aliphatic carbocycles. The molecule has 0 bridgehead atoms. The van der Waals surface area contributed by atoms with E-state index in [0.717, 1.165) is 29.1 Å². The fourth-order valence-corrected chi connectivity index (χ4v) is 2.28. The molecule has 3 rings (SSSR count). The number of imidazole rings is 1. The van der Waals surface area contributed by atoms with Gasteiger partial charge in [-0.2, -0.15) is 0 Å². The van der Waals surface area contributed by atoms with Gasteiger partial charge in [-0.1, -0.05) is 30.3 Å². The van der Waals surface area contributed by atoms with E-state index >= 15 is 0 Å². The average molecular weight is 279 g/mol. The topological polar surface area (TPSA) is 69.6 Å². The predicted molar refractivity (Wildman–Crippen MR) is 83.5 cm³/mol. The van der Waals surface area contributed by atoms with Crippen LogP contribution in [0.1, 0.15) is 12.5 Å². The molecule has 1 aromatic carbocycles. The smallest absolute Gasteiger partial charge is 0.180 e. The van der Waals surface area contributed by atoms with Crippen molar-refractivity contribution in [2.45, 2.75) is 20.4 Å². The molecule has 0 unspecified atom stereocenters. The summed E-state index contributed by atoms with van der Waals surface area (Å²) in [4.78, 5) is 13.3. The Balaban J connectivity index is 2.19. The molecule has 2 aromatic heterocycles. The lowest BCUT2D eigenvalue weighted by Crippen LogP contribution is -2.05. The Morgan fingerprint density at radius 2 is 1.90 bits per heavy atom. The number of nitrogens with zero attached hydrogens (tertiary/aromatic N) is 4. The van der Waals surface area contributed by atoms with Crippen molar-refractivity contribution in [3.63, 3.8) is 0 Å². The number of aromatic nitrogens is 4. The first-order valence-corrected chi connectivity index (χ1v) is 6.90. The van der Waals surface area contributed by atoms with Gasteiger partial charge in [-0.3, -0.25) is 0 Å². The third-order valence-electron chi connectivity index (χ3n) is 3.51. The summed E-state index contributed by atoms with van der Waals surface area (Å²) in [7, 11) is 0. The van der Waals surface area contributed by atoms with Gasteiger partial charge in [-0.25, -0.2) is 15.0 Å². The molecule has 0 fully saturated rings. The monoisotopic (exact) mass is 279 g/mol. The molecule has 0 saturated heterocycles. The number of aryl methyl sites for hydroxylation is 1. The minimum Gasteiger partial charge on any atom is -0.383 e. The fourth-order valence-electron chi connectivity index (χ4n) is 2.28. The minimum atomic E-state index is 0.503. The SMILES string of the molecule is CCn1cncc1-c1nc(N)c(C)c(-c2ccccc2)n1. The van der Waals surface area contributed by atoms with Gasteiger partial charge in [-0.05, 0) is 13.8 Å². The quantitative estimate of drug-likeness (QED) is 0.800. The zero-order valence-corrected chi connectivity index (χ0v) is 12.1. The molecule has 0 spiro atoms. The first-order valence-electron chi connectivity index (χ1n) is 6.90. The average Bonchev–Trinajstić information content (AvgIpc) is 2.99. The summed E-state index contributed by atoms with van der Waals surface area (Å²) in [5.74, 6) is 1.11. The first-order chi connectivity index (χ1) is 10.2. The number of hydrogen-bond donors (Lipinski definition) is 1. The molecule has 0 amide bonds. The summed E-state index contributed by atoms with van der Waals surface area (Å²) in [6.07, 6.45) is 3.54. The molecule has 5 heteroatoms. The van der Waals surface area contributed by atoms with Crippen molar-refractivity contribution in [2.24, 2.45) is 0 Å². The van der Waals surface area contributed by atoms with Crippen LogP contribution in [0.4, 0.5) is 5.82 Å². The van der Waals surface area contributed by atoms with Crippen molar-refractivity contribution < 1.29 is 0 Å². The van der Waals surface area contributed by atoms with Crippen molar-refractivity contribution in [1.29, 1.82) is 0 Å². The van der Waals surface area contributed by atoms with E-state index < -0.39 is 0 Å². The fraction of sp³-hybridized carbons (Fsp3) is 0.188. The summed E-state index contributed by atoms with van der Waals surface area (Å²) in [6, 6.07) is 10.0. The van der Waals surface area contributed by atoms with Crippen LogP contribution in [0.25, 0.3) is 22.8 Å². The Morgan fingerprint density at radius 1 is 1.14 bits per heavy atom. The van der Waals surface area contributed by atoms with Gasteiger partial charge in [0.05, 0.1) is 18.2 Å². The third kappa shape index (κ3) is 2.38. The second-order valence-corrected chi connectivity index (χ2v) is 4.84. The molecule has 0 radical (unpaired) electrons. The van der Waals surface area contributed by atoms with Crippen LogP contribution >= 0.6 is 0 Å². The standard InChI is InChI=1S/C16H17N5/c1-3-21-10-18-9-13(21)16-19-14(11(2)15(17)20-16)12-7-5-4-6-8-12/h4-10H,3H2,1-2H3,(H2,17,19,20). The molecule has 0 aliphatic rings. The molecule has 0 atom stereocenters. The zero-order chi connectivity index (χ0) is 14.8. The Labute approximate surface area is 123 Å². The highest BCUT2D eigenvalue weighted by atomic mass is 15.1. The van der Waals surface area contributed by atoms with Gasteiger partial charge >= 0.3 is 0 Å². The van der Waals surface area contributed by atoms with E-state index in [4.69, 9.17) is 10.7 Å². The van der Waals surface area contributed by atoms with E-state index in [0.29, 0.717) is 11.6 Å². The van der Waals surface area contributed by atoms with Crippen LogP contribution in [0.3, 0.4) is 0 Å². The van der Waals surface area contributed by atoms with Gasteiger partial charge in [0.25, 0.3) is 0 Å². The number of benzene rings is 1. The van der Waals surface area contributed by atoms with E-state index in [1.54, 1.807) is 12.5 Å². The Morgan fingerprint density at radius 3 is 2.62 bits per heavy atom. The Bertz CT molecular complexity index is 762. The minimum absolute atomic E-state index is 0.503. The van der Waals surface area contributed by atoms with Crippen LogP contribution < -0.4 is 5.73 Å². The van der Waals surface area contributed by atoms with Crippen LogP contribution in [0.2, 0.25) is 0 Å². The molecule has 2 heterocycles. The van der Waals surface area contributed by atoms with Crippen LogP contribution in [-0.4, -0.2) is 19.5 Å². The number of nitrogen functional groups attached to an aromatic ring is 1. The first kappa shape index (κ1) is 13.3. The van der Waals surface area contributed by atoms with Gasteiger partial charge in [0.15, 0.2) is 5.82 Å². The van der Waals surface area contributed by atoms with E-state index in [-0.39, 0.29) is 0 Å². The van der Waals surface area contributed by atoms with Crippen molar-refractivity contribution in [3.8, 4) is 22.8 Å². The van der Waals surface area contributed by atoms with Gasteiger partial charge in [-0.15, -0.1) is 0 Å². The van der Waals surface area contributed by atoms with Gasteiger partial charge in [0.2, 0.25) is 0 Å². The van der Waals surface area contributed by atoms with E-state index in [9.17, 15) is 0 Å². The Hall–Kier alpha value is -2.69. The summed E-state index contributed by atoms with van der Waals surface area (Å²) in [5, 5.41) is 0. The number of hydrogen-bond acceptors (Lipinski definition) is 4. The van der Waals surface area contributed by atoms with E-state index in [1.165, 1.54) is 0 Å². The highest BCUT2D eigenvalue weighted by Gasteiger charge is 2.14. The maximum atomic E-state index is 6.08. The molecule has 21 heavy (non-hydrogen) atoms. The van der Waals surface area contributed by atoms with Crippen molar-refractivity contribution >= 4 is 5.82 Å². The molecule has 0 saturated carbocycles. The third-order valence-corrected chi connectivity index (χ3v) is 3.51. The Kier molecular flexibility index (Phi) is 3.39. The van der Waals surface area contributed by atoms with E-state index in [1.807, 2.05) is 41.8 Å². The highest BCUT2D eigenvalue weighted by molar-refractivity contribution is 5.70. The van der Waals surface area contributed by atoms with Crippen molar-refractivity contribution in [3.05, 3.63) is 48.4 Å². The predicted octanol–water partition coefficient (Wildman–Crippen LogP) is 2.92. The van der Waals surface area contributed by atoms with Gasteiger partial charge in [0.1, 0.15) is 11.5 Å².